The molecule has 0 radical (unpaired) electrons. The highest BCUT2D eigenvalue weighted by atomic mass is 32.2. The highest BCUT2D eigenvalue weighted by Crippen LogP contribution is 2.50. The minimum Gasteiger partial charge on any atom is -0.309 e. The molecule has 0 bridgehead atoms. The SMILES string of the molecule is CCOP(=O)(CC1=N[C@H](c2ccccc2)CS1)OCC. The molecule has 2 rings (SSSR count). The molecule has 20 heavy (non-hydrogen) atoms. The molecule has 4 nitrogen and oxygen atoms in total. The second-order valence-electron chi connectivity index (χ2n) is 4.36. The number of benzene rings is 1. The van der Waals surface area contributed by atoms with Crippen molar-refractivity contribution in [2.45, 2.75) is 19.9 Å². The molecule has 0 fully saturated rings. The summed E-state index contributed by atoms with van der Waals surface area (Å²) in [6, 6.07) is 10.3. The summed E-state index contributed by atoms with van der Waals surface area (Å²) in [5, 5.41) is 0.865. The minimum absolute atomic E-state index is 0.146. The maximum absolute atomic E-state index is 12.5. The molecular formula is C14H20NO3PS. The molecule has 0 saturated heterocycles. The molecule has 1 aliphatic rings. The van der Waals surface area contributed by atoms with Gasteiger partial charge in [-0.25, -0.2) is 0 Å². The zero-order chi connectivity index (χ0) is 14.4. The lowest BCUT2D eigenvalue weighted by Crippen LogP contribution is -2.05. The number of rotatable bonds is 7. The largest absolute Gasteiger partial charge is 0.337 e. The summed E-state index contributed by atoms with van der Waals surface area (Å²) < 4.78 is 23.1. The molecule has 0 spiro atoms. The fraction of sp³-hybridized carbons (Fsp3) is 0.500. The molecule has 0 amide bonds. The Bertz CT molecular complexity index is 496. The Labute approximate surface area is 124 Å². The number of thioether (sulfide) groups is 1. The molecule has 0 aliphatic carbocycles. The highest BCUT2D eigenvalue weighted by molar-refractivity contribution is 8.14. The van der Waals surface area contributed by atoms with Gasteiger partial charge in [-0.3, -0.25) is 9.56 Å². The van der Waals surface area contributed by atoms with Gasteiger partial charge in [-0.05, 0) is 19.4 Å². The molecule has 6 heteroatoms. The Morgan fingerprint density at radius 2 is 1.90 bits per heavy atom. The van der Waals surface area contributed by atoms with Gasteiger partial charge in [0.15, 0.2) is 0 Å². The second kappa shape index (κ2) is 7.41. The van der Waals surface area contributed by atoms with Crippen LogP contribution in [-0.4, -0.2) is 30.2 Å². The van der Waals surface area contributed by atoms with E-state index in [2.05, 4.69) is 17.1 Å². The summed E-state index contributed by atoms with van der Waals surface area (Å²) in [6.45, 7) is 4.42. The van der Waals surface area contributed by atoms with Gasteiger partial charge in [-0.15, -0.1) is 11.8 Å². The van der Waals surface area contributed by atoms with Crippen LogP contribution in [0, 0.1) is 0 Å². The van der Waals surface area contributed by atoms with E-state index in [9.17, 15) is 4.57 Å². The van der Waals surface area contributed by atoms with Gasteiger partial charge in [0.25, 0.3) is 0 Å². The number of hydrogen-bond acceptors (Lipinski definition) is 5. The maximum Gasteiger partial charge on any atom is 0.337 e. The van der Waals surface area contributed by atoms with Crippen molar-refractivity contribution in [3.63, 3.8) is 0 Å². The van der Waals surface area contributed by atoms with Crippen LogP contribution in [0.1, 0.15) is 25.5 Å². The van der Waals surface area contributed by atoms with Crippen LogP contribution < -0.4 is 0 Å². The zero-order valence-electron chi connectivity index (χ0n) is 11.8. The van der Waals surface area contributed by atoms with E-state index in [0.717, 1.165) is 10.8 Å². The third kappa shape index (κ3) is 4.19. The highest BCUT2D eigenvalue weighted by Gasteiger charge is 2.30. The minimum atomic E-state index is -3.04. The topological polar surface area (TPSA) is 47.9 Å². The average Bonchev–Trinajstić information content (AvgIpc) is 2.88. The summed E-state index contributed by atoms with van der Waals surface area (Å²) in [7, 11) is -3.04. The van der Waals surface area contributed by atoms with Crippen molar-refractivity contribution >= 4 is 24.4 Å². The van der Waals surface area contributed by atoms with Gasteiger partial charge in [-0.2, -0.15) is 0 Å². The van der Waals surface area contributed by atoms with Crippen molar-refractivity contribution in [1.29, 1.82) is 0 Å². The summed E-state index contributed by atoms with van der Waals surface area (Å²) in [5.41, 5.74) is 1.19. The van der Waals surface area contributed by atoms with Crippen LogP contribution in [0.25, 0.3) is 0 Å². The Kier molecular flexibility index (Phi) is 5.85. The van der Waals surface area contributed by atoms with E-state index in [1.807, 2.05) is 32.0 Å². The van der Waals surface area contributed by atoms with Gasteiger partial charge < -0.3 is 9.05 Å². The van der Waals surface area contributed by atoms with Crippen molar-refractivity contribution in [3.8, 4) is 0 Å². The Morgan fingerprint density at radius 1 is 1.25 bits per heavy atom. The molecule has 1 aliphatic heterocycles. The molecular weight excluding hydrogens is 293 g/mol. The van der Waals surface area contributed by atoms with Crippen LogP contribution in [-0.2, 0) is 13.6 Å². The molecule has 0 N–H and O–H groups in total. The summed E-state index contributed by atoms with van der Waals surface area (Å²) in [5.74, 6) is 0.887. The first-order valence-corrected chi connectivity index (χ1v) is 9.50. The molecule has 0 saturated carbocycles. The van der Waals surface area contributed by atoms with E-state index in [1.54, 1.807) is 11.8 Å². The second-order valence-corrected chi connectivity index (χ2v) is 7.51. The Balaban J connectivity index is 2.05. The Morgan fingerprint density at radius 3 is 2.50 bits per heavy atom. The smallest absolute Gasteiger partial charge is 0.309 e. The van der Waals surface area contributed by atoms with Gasteiger partial charge in [0.1, 0.15) is 0 Å². The van der Waals surface area contributed by atoms with Gasteiger partial charge in [0.05, 0.1) is 30.5 Å². The molecule has 1 heterocycles. The van der Waals surface area contributed by atoms with E-state index in [4.69, 9.17) is 9.05 Å². The van der Waals surface area contributed by atoms with Crippen molar-refractivity contribution in [1.82, 2.24) is 0 Å². The molecule has 1 atom stereocenters. The van der Waals surface area contributed by atoms with Crippen LogP contribution >= 0.6 is 19.4 Å². The fourth-order valence-corrected chi connectivity index (χ4v) is 5.16. The van der Waals surface area contributed by atoms with E-state index in [-0.39, 0.29) is 12.2 Å². The van der Waals surface area contributed by atoms with Gasteiger partial charge in [0.2, 0.25) is 0 Å². The summed E-state index contributed by atoms with van der Waals surface area (Å²) >= 11 is 1.64. The fourth-order valence-electron chi connectivity index (χ4n) is 2.04. The lowest BCUT2D eigenvalue weighted by Gasteiger charge is -2.16. The normalized spacial score (nSPS) is 19.1. The van der Waals surface area contributed by atoms with Crippen molar-refractivity contribution in [2.75, 3.05) is 25.1 Å². The molecule has 0 unspecified atom stereocenters. The third-order valence-corrected chi connectivity index (χ3v) is 6.14. The molecule has 1 aromatic carbocycles. The monoisotopic (exact) mass is 313 g/mol. The first kappa shape index (κ1) is 15.8. The molecule has 110 valence electrons. The first-order chi connectivity index (χ1) is 9.67. The predicted molar refractivity (Wildman–Crippen MR) is 84.8 cm³/mol. The van der Waals surface area contributed by atoms with Crippen molar-refractivity contribution in [2.24, 2.45) is 4.99 Å². The lowest BCUT2D eigenvalue weighted by atomic mass is 10.1. The third-order valence-electron chi connectivity index (χ3n) is 2.87. The van der Waals surface area contributed by atoms with Crippen LogP contribution in [0.4, 0.5) is 0 Å². The van der Waals surface area contributed by atoms with Crippen molar-refractivity contribution < 1.29 is 13.6 Å². The van der Waals surface area contributed by atoms with E-state index >= 15 is 0 Å². The van der Waals surface area contributed by atoms with E-state index in [0.29, 0.717) is 13.2 Å². The van der Waals surface area contributed by atoms with Crippen LogP contribution in [0.3, 0.4) is 0 Å². The van der Waals surface area contributed by atoms with Crippen molar-refractivity contribution in [3.05, 3.63) is 35.9 Å². The van der Waals surface area contributed by atoms with Crippen LogP contribution in [0.5, 0.6) is 0 Å². The average molecular weight is 313 g/mol. The first-order valence-electron chi connectivity index (χ1n) is 6.79. The molecule has 0 aromatic heterocycles. The van der Waals surface area contributed by atoms with E-state index < -0.39 is 7.60 Å². The maximum atomic E-state index is 12.5. The zero-order valence-corrected chi connectivity index (χ0v) is 13.5. The summed E-state index contributed by atoms with van der Waals surface area (Å²) in [6.07, 6.45) is 0.280. The standard InChI is InChI=1S/C14H20NO3PS/c1-3-17-19(16,18-4-2)10-14-15-13(11-20-14)12-8-6-5-7-9-12/h5-9,13H,3-4,10-11H2,1-2H3/t13-/m0/s1. The van der Waals surface area contributed by atoms with Gasteiger partial charge >= 0.3 is 7.60 Å². The quantitative estimate of drug-likeness (QED) is 0.710. The predicted octanol–water partition coefficient (Wildman–Crippen LogP) is 4.14. The number of hydrogen-bond donors (Lipinski definition) is 0. The number of nitrogens with zero attached hydrogens (tertiary/aromatic N) is 1. The summed E-state index contributed by atoms with van der Waals surface area (Å²) in [4.78, 5) is 4.66. The van der Waals surface area contributed by atoms with Crippen LogP contribution in [0.15, 0.2) is 35.3 Å². The molecule has 1 aromatic rings. The Hall–Kier alpha value is -0.610. The van der Waals surface area contributed by atoms with Crippen LogP contribution in [0.2, 0.25) is 0 Å². The van der Waals surface area contributed by atoms with Gasteiger partial charge in [0, 0.05) is 5.75 Å². The number of aliphatic imine (C=N–C) groups is 1. The lowest BCUT2D eigenvalue weighted by molar-refractivity contribution is 0.223. The van der Waals surface area contributed by atoms with E-state index in [1.165, 1.54) is 5.56 Å². The van der Waals surface area contributed by atoms with Gasteiger partial charge in [-0.1, -0.05) is 30.3 Å².